The van der Waals surface area contributed by atoms with Crippen molar-refractivity contribution in [2.45, 2.75) is 50.8 Å². The Morgan fingerprint density at radius 1 is 1.30 bits per heavy atom. The van der Waals surface area contributed by atoms with Gasteiger partial charge in [-0.15, -0.1) is 0 Å². The lowest BCUT2D eigenvalue weighted by atomic mass is 9.74. The van der Waals surface area contributed by atoms with Gasteiger partial charge >= 0.3 is 0 Å². The normalized spacial score (nSPS) is 19.6. The van der Waals surface area contributed by atoms with Gasteiger partial charge in [0.05, 0.1) is 5.02 Å². The number of halogens is 4. The van der Waals surface area contributed by atoms with Gasteiger partial charge in [-0.3, -0.25) is 0 Å². The van der Waals surface area contributed by atoms with Gasteiger partial charge in [0.2, 0.25) is 0 Å². The highest BCUT2D eigenvalue weighted by Gasteiger charge is 2.42. The summed E-state index contributed by atoms with van der Waals surface area (Å²) in [6.45, 7) is 4.48. The van der Waals surface area contributed by atoms with Gasteiger partial charge in [0.1, 0.15) is 5.82 Å². The van der Waals surface area contributed by atoms with Crippen molar-refractivity contribution in [3.8, 4) is 0 Å². The van der Waals surface area contributed by atoms with Crippen LogP contribution >= 0.6 is 43.5 Å². The minimum atomic E-state index is -0.182. The van der Waals surface area contributed by atoms with Crippen LogP contribution in [0.2, 0.25) is 5.02 Å². The third-order valence-electron chi connectivity index (χ3n) is 4.26. The Kier molecular flexibility index (Phi) is 5.58. The summed E-state index contributed by atoms with van der Waals surface area (Å²) in [5, 5.41) is 0.573. The number of hydrogen-bond acceptors (Lipinski definition) is 0. The number of alkyl halides is 1. The van der Waals surface area contributed by atoms with E-state index in [0.717, 1.165) is 19.3 Å². The summed E-state index contributed by atoms with van der Waals surface area (Å²) in [7, 11) is 0. The topological polar surface area (TPSA) is 0 Å². The van der Waals surface area contributed by atoms with Gasteiger partial charge in [0, 0.05) is 14.9 Å². The highest BCUT2D eigenvalue weighted by atomic mass is 79.9. The molecule has 112 valence electrons. The SMILES string of the molecule is CC(C)CC1(C(Br)c2cc(Cl)c(Br)cc2F)CCCC1. The van der Waals surface area contributed by atoms with Gasteiger partial charge in [-0.25, -0.2) is 4.39 Å². The van der Waals surface area contributed by atoms with Gasteiger partial charge in [-0.2, -0.15) is 0 Å². The number of rotatable bonds is 4. The minimum Gasteiger partial charge on any atom is -0.207 e. The van der Waals surface area contributed by atoms with Gasteiger partial charge in [-0.05, 0) is 58.7 Å². The second-order valence-electron chi connectivity index (χ2n) is 6.32. The van der Waals surface area contributed by atoms with E-state index in [0.29, 0.717) is 21.0 Å². The summed E-state index contributed by atoms with van der Waals surface area (Å²) in [4.78, 5) is 0.0329. The van der Waals surface area contributed by atoms with Crippen molar-refractivity contribution in [1.82, 2.24) is 0 Å². The second kappa shape index (κ2) is 6.66. The second-order valence-corrected chi connectivity index (χ2v) is 8.50. The summed E-state index contributed by atoms with van der Waals surface area (Å²) >= 11 is 13.2. The summed E-state index contributed by atoms with van der Waals surface area (Å²) in [6, 6.07) is 3.24. The zero-order chi connectivity index (χ0) is 14.9. The molecule has 0 bridgehead atoms. The molecule has 0 aliphatic heterocycles. The summed E-state index contributed by atoms with van der Waals surface area (Å²) in [6.07, 6.45) is 5.92. The summed E-state index contributed by atoms with van der Waals surface area (Å²) < 4.78 is 14.9. The van der Waals surface area contributed by atoms with E-state index in [1.54, 1.807) is 6.07 Å². The van der Waals surface area contributed by atoms with Crippen LogP contribution in [0.15, 0.2) is 16.6 Å². The van der Waals surface area contributed by atoms with E-state index in [2.05, 4.69) is 45.7 Å². The molecule has 1 unspecified atom stereocenters. The third-order valence-corrected chi connectivity index (χ3v) is 6.93. The van der Waals surface area contributed by atoms with Crippen LogP contribution in [0.1, 0.15) is 56.3 Å². The molecule has 0 amide bonds. The molecule has 1 aromatic rings. The first-order valence-electron chi connectivity index (χ1n) is 7.14. The van der Waals surface area contributed by atoms with Crippen molar-refractivity contribution < 1.29 is 4.39 Å². The maximum Gasteiger partial charge on any atom is 0.128 e. The zero-order valence-electron chi connectivity index (χ0n) is 11.9. The maximum absolute atomic E-state index is 14.3. The smallest absolute Gasteiger partial charge is 0.128 e. The molecule has 0 N–H and O–H groups in total. The van der Waals surface area contributed by atoms with Crippen LogP contribution in [-0.2, 0) is 0 Å². The molecule has 1 aliphatic rings. The minimum absolute atomic E-state index is 0.0329. The molecule has 0 radical (unpaired) electrons. The Morgan fingerprint density at radius 2 is 1.90 bits per heavy atom. The van der Waals surface area contributed by atoms with Crippen molar-refractivity contribution in [2.75, 3.05) is 0 Å². The van der Waals surface area contributed by atoms with Crippen LogP contribution in [0.3, 0.4) is 0 Å². The molecule has 0 spiro atoms. The van der Waals surface area contributed by atoms with Gasteiger partial charge in [0.15, 0.2) is 0 Å². The third kappa shape index (κ3) is 3.41. The highest BCUT2D eigenvalue weighted by molar-refractivity contribution is 9.10. The van der Waals surface area contributed by atoms with Crippen molar-refractivity contribution in [3.05, 3.63) is 33.0 Å². The van der Waals surface area contributed by atoms with E-state index in [9.17, 15) is 4.39 Å². The fraction of sp³-hybridized carbons (Fsp3) is 0.625. The van der Waals surface area contributed by atoms with E-state index in [1.807, 2.05) is 0 Å². The fourth-order valence-corrected chi connectivity index (χ4v) is 5.00. The number of benzene rings is 1. The monoisotopic (exact) mass is 424 g/mol. The first kappa shape index (κ1) is 16.8. The van der Waals surface area contributed by atoms with Gasteiger partial charge in [0.25, 0.3) is 0 Å². The van der Waals surface area contributed by atoms with E-state index in [4.69, 9.17) is 11.6 Å². The van der Waals surface area contributed by atoms with Crippen LogP contribution in [0.4, 0.5) is 4.39 Å². The van der Waals surface area contributed by atoms with Crippen molar-refractivity contribution in [2.24, 2.45) is 11.3 Å². The fourth-order valence-electron chi connectivity index (χ4n) is 3.52. The van der Waals surface area contributed by atoms with Crippen molar-refractivity contribution >= 4 is 43.5 Å². The van der Waals surface area contributed by atoms with Crippen molar-refractivity contribution in [3.63, 3.8) is 0 Å². The molecule has 20 heavy (non-hydrogen) atoms. The Hall–Kier alpha value is 0.400. The predicted octanol–water partition coefficient (Wildman–Crippen LogP) is 7.28. The summed E-state index contributed by atoms with van der Waals surface area (Å²) in [5.74, 6) is 0.431. The zero-order valence-corrected chi connectivity index (χ0v) is 15.8. The molecule has 2 rings (SSSR count). The van der Waals surface area contributed by atoms with E-state index >= 15 is 0 Å². The molecule has 1 aliphatic carbocycles. The Bertz CT molecular complexity index is 482. The van der Waals surface area contributed by atoms with Crippen LogP contribution in [0.5, 0.6) is 0 Å². The first-order valence-corrected chi connectivity index (χ1v) is 9.23. The molecule has 1 atom stereocenters. The van der Waals surface area contributed by atoms with Crippen molar-refractivity contribution in [1.29, 1.82) is 0 Å². The lowest BCUT2D eigenvalue weighted by Crippen LogP contribution is -2.25. The van der Waals surface area contributed by atoms with Gasteiger partial charge < -0.3 is 0 Å². The Labute approximate surface area is 142 Å². The Balaban J connectivity index is 2.37. The lowest BCUT2D eigenvalue weighted by Gasteiger charge is -2.36. The average Bonchev–Trinajstić information content (AvgIpc) is 2.81. The molecule has 1 saturated carbocycles. The maximum atomic E-state index is 14.3. The summed E-state index contributed by atoms with van der Waals surface area (Å²) in [5.41, 5.74) is 0.854. The van der Waals surface area contributed by atoms with Crippen LogP contribution in [0, 0.1) is 17.2 Å². The first-order chi connectivity index (χ1) is 9.35. The Morgan fingerprint density at radius 3 is 2.45 bits per heavy atom. The molecular weight excluding hydrogens is 406 g/mol. The standard InChI is InChI=1S/C16H20Br2ClF/c1-10(2)9-16(5-3-4-6-16)15(18)11-7-13(19)12(17)8-14(11)20/h7-8,10,15H,3-6,9H2,1-2H3. The molecule has 0 nitrogen and oxygen atoms in total. The molecule has 4 heteroatoms. The van der Waals surface area contributed by atoms with Gasteiger partial charge in [-0.1, -0.05) is 54.2 Å². The largest absolute Gasteiger partial charge is 0.207 e. The number of hydrogen-bond donors (Lipinski definition) is 0. The van der Waals surface area contributed by atoms with Crippen LogP contribution in [0.25, 0.3) is 0 Å². The molecule has 0 saturated heterocycles. The molecule has 1 aromatic carbocycles. The van der Waals surface area contributed by atoms with Crippen LogP contribution < -0.4 is 0 Å². The quantitative estimate of drug-likeness (QED) is 0.350. The van der Waals surface area contributed by atoms with Crippen LogP contribution in [-0.4, -0.2) is 0 Å². The lowest BCUT2D eigenvalue weighted by molar-refractivity contribution is 0.227. The predicted molar refractivity (Wildman–Crippen MR) is 91.1 cm³/mol. The molecular formula is C16H20Br2ClF. The molecule has 0 aromatic heterocycles. The molecule has 0 heterocycles. The van der Waals surface area contributed by atoms with E-state index in [1.165, 1.54) is 18.9 Å². The molecule has 1 fully saturated rings. The van der Waals surface area contributed by atoms with E-state index < -0.39 is 0 Å². The average molecular weight is 427 g/mol. The highest BCUT2D eigenvalue weighted by Crippen LogP contribution is 2.56. The van der Waals surface area contributed by atoms with E-state index in [-0.39, 0.29) is 16.1 Å².